The molecule has 3 rings (SSSR count). The quantitative estimate of drug-likeness (QED) is 0.329. The summed E-state index contributed by atoms with van der Waals surface area (Å²) in [4.78, 5) is 0.203. The average molecular weight is 468 g/mol. The van der Waals surface area contributed by atoms with Gasteiger partial charge in [0.2, 0.25) is 10.0 Å². The van der Waals surface area contributed by atoms with Crippen LogP contribution < -0.4 is 9.47 Å². The largest absolute Gasteiger partial charge is 0.493 e. The standard InChI is InChI=1S/C20H22FN3O5S2/c1-14(28-17-6-4-15(21)5-7-17)19-22-23-20(29-19)30-13-12-27-16-8-10-18(11-9-16)31(25,26)24(2)3/h4-11,14H,12-13H2,1-3H3. The summed E-state index contributed by atoms with van der Waals surface area (Å²) in [5.74, 6) is 1.58. The minimum atomic E-state index is -3.46. The Labute approximate surface area is 184 Å². The van der Waals surface area contributed by atoms with E-state index in [0.717, 1.165) is 4.31 Å². The summed E-state index contributed by atoms with van der Waals surface area (Å²) < 4.78 is 55.1. The smallest absolute Gasteiger partial charge is 0.276 e. The minimum absolute atomic E-state index is 0.203. The molecule has 3 aromatic rings. The highest BCUT2D eigenvalue weighted by Gasteiger charge is 2.17. The van der Waals surface area contributed by atoms with Gasteiger partial charge in [-0.2, -0.15) is 0 Å². The summed E-state index contributed by atoms with van der Waals surface area (Å²) in [7, 11) is -0.499. The Morgan fingerprint density at radius 2 is 1.71 bits per heavy atom. The monoisotopic (exact) mass is 467 g/mol. The number of hydrogen-bond acceptors (Lipinski definition) is 8. The molecule has 31 heavy (non-hydrogen) atoms. The van der Waals surface area contributed by atoms with Crippen LogP contribution >= 0.6 is 11.8 Å². The van der Waals surface area contributed by atoms with Crippen LogP contribution in [0.1, 0.15) is 18.9 Å². The van der Waals surface area contributed by atoms with E-state index in [4.69, 9.17) is 13.9 Å². The van der Waals surface area contributed by atoms with Crippen molar-refractivity contribution in [3.63, 3.8) is 0 Å². The first-order valence-corrected chi connectivity index (χ1v) is 11.7. The third-order valence-electron chi connectivity index (χ3n) is 4.08. The molecule has 1 heterocycles. The van der Waals surface area contributed by atoms with E-state index in [2.05, 4.69) is 10.2 Å². The molecule has 166 valence electrons. The number of rotatable bonds is 10. The average Bonchev–Trinajstić information content (AvgIpc) is 3.22. The highest BCUT2D eigenvalue weighted by molar-refractivity contribution is 7.99. The highest BCUT2D eigenvalue weighted by atomic mass is 32.2. The van der Waals surface area contributed by atoms with Crippen molar-refractivity contribution in [2.75, 3.05) is 26.5 Å². The van der Waals surface area contributed by atoms with E-state index in [-0.39, 0.29) is 10.7 Å². The molecule has 0 aliphatic carbocycles. The summed E-state index contributed by atoms with van der Waals surface area (Å²) >= 11 is 1.32. The van der Waals surface area contributed by atoms with E-state index in [1.165, 1.54) is 62.3 Å². The van der Waals surface area contributed by atoms with E-state index in [9.17, 15) is 12.8 Å². The molecule has 0 saturated carbocycles. The van der Waals surface area contributed by atoms with Gasteiger partial charge < -0.3 is 13.9 Å². The normalized spacial score (nSPS) is 12.7. The number of ether oxygens (including phenoxy) is 2. The number of thioether (sulfide) groups is 1. The summed E-state index contributed by atoms with van der Waals surface area (Å²) in [6.45, 7) is 2.12. The van der Waals surface area contributed by atoms with Crippen LogP contribution in [-0.4, -0.2) is 49.4 Å². The van der Waals surface area contributed by atoms with Crippen molar-refractivity contribution in [3.05, 3.63) is 60.2 Å². The van der Waals surface area contributed by atoms with Crippen LogP contribution in [-0.2, 0) is 10.0 Å². The van der Waals surface area contributed by atoms with Gasteiger partial charge in [0.15, 0.2) is 6.10 Å². The summed E-state index contributed by atoms with van der Waals surface area (Å²) in [6, 6.07) is 11.9. The predicted molar refractivity (Wildman–Crippen MR) is 113 cm³/mol. The molecular formula is C20H22FN3O5S2. The lowest BCUT2D eigenvalue weighted by atomic mass is 10.3. The molecule has 0 fully saturated rings. The SMILES string of the molecule is CC(Oc1ccc(F)cc1)c1nnc(SCCOc2ccc(S(=O)(=O)N(C)C)cc2)o1. The van der Waals surface area contributed by atoms with Gasteiger partial charge in [-0.05, 0) is 55.5 Å². The van der Waals surface area contributed by atoms with E-state index in [1.54, 1.807) is 19.1 Å². The molecule has 0 N–H and O–H groups in total. The lowest BCUT2D eigenvalue weighted by Crippen LogP contribution is -2.22. The molecular weight excluding hydrogens is 445 g/mol. The maximum Gasteiger partial charge on any atom is 0.276 e. The molecule has 1 aromatic heterocycles. The fraction of sp³-hybridized carbons (Fsp3) is 0.300. The van der Waals surface area contributed by atoms with E-state index < -0.39 is 16.1 Å². The molecule has 2 aromatic carbocycles. The van der Waals surface area contributed by atoms with Crippen LogP contribution in [0, 0.1) is 5.82 Å². The fourth-order valence-electron chi connectivity index (χ4n) is 2.42. The summed E-state index contributed by atoms with van der Waals surface area (Å²) in [6.07, 6.45) is -0.486. The second-order valence-electron chi connectivity index (χ2n) is 6.58. The molecule has 0 saturated heterocycles. The maximum absolute atomic E-state index is 13.0. The number of sulfonamides is 1. The van der Waals surface area contributed by atoms with Gasteiger partial charge in [0.25, 0.3) is 11.1 Å². The van der Waals surface area contributed by atoms with Gasteiger partial charge in [-0.1, -0.05) is 11.8 Å². The molecule has 0 spiro atoms. The van der Waals surface area contributed by atoms with Crippen molar-refractivity contribution >= 4 is 21.8 Å². The molecule has 11 heteroatoms. The topological polar surface area (TPSA) is 94.8 Å². The summed E-state index contributed by atoms with van der Waals surface area (Å²) in [5, 5.41) is 8.32. The van der Waals surface area contributed by atoms with E-state index >= 15 is 0 Å². The van der Waals surface area contributed by atoms with Crippen molar-refractivity contribution in [2.45, 2.75) is 23.1 Å². The Morgan fingerprint density at radius 1 is 1.06 bits per heavy atom. The molecule has 1 unspecified atom stereocenters. The number of hydrogen-bond donors (Lipinski definition) is 0. The third kappa shape index (κ3) is 6.18. The van der Waals surface area contributed by atoms with Gasteiger partial charge >= 0.3 is 0 Å². The van der Waals surface area contributed by atoms with Crippen LogP contribution in [0.15, 0.2) is 63.1 Å². The van der Waals surface area contributed by atoms with Crippen molar-refractivity contribution in [1.82, 2.24) is 14.5 Å². The van der Waals surface area contributed by atoms with E-state index in [1.807, 2.05) is 0 Å². The molecule has 0 amide bonds. The second-order valence-corrected chi connectivity index (χ2v) is 9.77. The van der Waals surface area contributed by atoms with Gasteiger partial charge in [-0.25, -0.2) is 17.1 Å². The number of halogens is 1. The molecule has 1 atom stereocenters. The molecule has 0 radical (unpaired) electrons. The van der Waals surface area contributed by atoms with Gasteiger partial charge in [0.05, 0.1) is 11.5 Å². The third-order valence-corrected chi connectivity index (χ3v) is 6.69. The Kier molecular flexibility index (Phi) is 7.52. The lowest BCUT2D eigenvalue weighted by molar-refractivity contribution is 0.181. The molecule has 8 nitrogen and oxygen atoms in total. The second kappa shape index (κ2) is 10.1. The predicted octanol–water partition coefficient (Wildman–Crippen LogP) is 3.77. The number of nitrogens with zero attached hydrogens (tertiary/aromatic N) is 3. The van der Waals surface area contributed by atoms with Crippen molar-refractivity contribution < 1.29 is 26.7 Å². The first-order chi connectivity index (χ1) is 14.8. The molecule has 0 aliphatic rings. The van der Waals surface area contributed by atoms with Crippen LogP contribution in [0.4, 0.5) is 4.39 Å². The van der Waals surface area contributed by atoms with Crippen molar-refractivity contribution in [1.29, 1.82) is 0 Å². The lowest BCUT2D eigenvalue weighted by Gasteiger charge is -2.12. The van der Waals surface area contributed by atoms with Gasteiger partial charge in [0.1, 0.15) is 17.3 Å². The Morgan fingerprint density at radius 3 is 2.35 bits per heavy atom. The molecule has 0 bridgehead atoms. The highest BCUT2D eigenvalue weighted by Crippen LogP contribution is 2.24. The van der Waals surface area contributed by atoms with Crippen LogP contribution in [0.5, 0.6) is 11.5 Å². The van der Waals surface area contributed by atoms with Gasteiger partial charge in [-0.15, -0.1) is 10.2 Å². The zero-order valence-electron chi connectivity index (χ0n) is 17.2. The van der Waals surface area contributed by atoms with Crippen LogP contribution in [0.25, 0.3) is 0 Å². The first kappa shape index (κ1) is 23.0. The van der Waals surface area contributed by atoms with Crippen LogP contribution in [0.2, 0.25) is 0 Å². The fourth-order valence-corrected chi connectivity index (χ4v) is 3.90. The zero-order valence-corrected chi connectivity index (χ0v) is 18.8. The van der Waals surface area contributed by atoms with Crippen molar-refractivity contribution in [2.24, 2.45) is 0 Å². The number of benzene rings is 2. The Balaban J connectivity index is 1.45. The van der Waals surface area contributed by atoms with Gasteiger partial charge in [0, 0.05) is 19.8 Å². The minimum Gasteiger partial charge on any atom is -0.493 e. The number of aromatic nitrogens is 2. The van der Waals surface area contributed by atoms with E-state index in [0.29, 0.717) is 35.0 Å². The maximum atomic E-state index is 13.0. The molecule has 0 aliphatic heterocycles. The summed E-state index contributed by atoms with van der Waals surface area (Å²) in [5.41, 5.74) is 0. The van der Waals surface area contributed by atoms with Crippen LogP contribution in [0.3, 0.4) is 0 Å². The first-order valence-electron chi connectivity index (χ1n) is 9.29. The van der Waals surface area contributed by atoms with Crippen molar-refractivity contribution in [3.8, 4) is 11.5 Å². The van der Waals surface area contributed by atoms with Gasteiger partial charge in [-0.3, -0.25) is 0 Å². The zero-order chi connectivity index (χ0) is 22.4. The Bertz CT molecular complexity index is 1090. The Hall–Kier alpha value is -2.63.